The van der Waals surface area contributed by atoms with Crippen molar-refractivity contribution >= 4 is 11.6 Å². The molecule has 2 unspecified atom stereocenters. The topological polar surface area (TPSA) is 64.3 Å². The van der Waals surface area contributed by atoms with Crippen LogP contribution in [0.4, 0.5) is 5.69 Å². The minimum absolute atomic E-state index is 0.0598. The maximum atomic E-state index is 11.8. The van der Waals surface area contributed by atoms with E-state index in [2.05, 4.69) is 5.32 Å². The van der Waals surface area contributed by atoms with Crippen molar-refractivity contribution in [2.24, 2.45) is 0 Å². The van der Waals surface area contributed by atoms with Crippen LogP contribution in [0.5, 0.6) is 0 Å². The molecule has 19 heavy (non-hydrogen) atoms. The molecule has 0 fully saturated rings. The van der Waals surface area contributed by atoms with Gasteiger partial charge < -0.3 is 15.8 Å². The number of nitrogens with two attached hydrogens (primary N) is 1. The van der Waals surface area contributed by atoms with Crippen LogP contribution in [-0.2, 0) is 16.0 Å². The Morgan fingerprint density at radius 2 is 2.05 bits per heavy atom. The third kappa shape index (κ3) is 5.30. The molecular weight excluding hydrogens is 240 g/mol. The van der Waals surface area contributed by atoms with E-state index in [0.29, 0.717) is 13.0 Å². The van der Waals surface area contributed by atoms with Crippen molar-refractivity contribution in [3.05, 3.63) is 29.8 Å². The second-order valence-electron chi connectivity index (χ2n) is 4.78. The zero-order chi connectivity index (χ0) is 14.3. The predicted molar refractivity (Wildman–Crippen MR) is 77.9 cm³/mol. The van der Waals surface area contributed by atoms with Crippen molar-refractivity contribution < 1.29 is 9.53 Å². The SMILES string of the molecule is CCC(C)NC(=O)C(C)OCCc1ccccc1N. The summed E-state index contributed by atoms with van der Waals surface area (Å²) in [5.74, 6) is -0.0598. The molecule has 4 heteroatoms. The Bertz CT molecular complexity index is 407. The molecule has 0 saturated heterocycles. The van der Waals surface area contributed by atoms with Gasteiger partial charge in [-0.3, -0.25) is 4.79 Å². The third-order valence-corrected chi connectivity index (χ3v) is 3.16. The quantitative estimate of drug-likeness (QED) is 0.742. The van der Waals surface area contributed by atoms with E-state index in [-0.39, 0.29) is 11.9 Å². The summed E-state index contributed by atoms with van der Waals surface area (Å²) in [6.45, 7) is 6.28. The Hall–Kier alpha value is -1.55. The molecule has 0 spiro atoms. The van der Waals surface area contributed by atoms with E-state index >= 15 is 0 Å². The van der Waals surface area contributed by atoms with E-state index in [1.165, 1.54) is 0 Å². The van der Waals surface area contributed by atoms with Crippen LogP contribution in [0.1, 0.15) is 32.8 Å². The maximum absolute atomic E-state index is 11.8. The summed E-state index contributed by atoms with van der Waals surface area (Å²) in [4.78, 5) is 11.8. The van der Waals surface area contributed by atoms with Crippen LogP contribution in [0.15, 0.2) is 24.3 Å². The number of anilines is 1. The number of carbonyl (C=O) groups excluding carboxylic acids is 1. The lowest BCUT2D eigenvalue weighted by Gasteiger charge is -2.17. The molecule has 1 rings (SSSR count). The lowest BCUT2D eigenvalue weighted by atomic mass is 10.1. The molecule has 2 atom stereocenters. The first-order valence-electron chi connectivity index (χ1n) is 6.80. The van der Waals surface area contributed by atoms with Crippen LogP contribution in [0, 0.1) is 0 Å². The van der Waals surface area contributed by atoms with E-state index < -0.39 is 6.10 Å². The smallest absolute Gasteiger partial charge is 0.249 e. The van der Waals surface area contributed by atoms with Crippen molar-refractivity contribution in [1.82, 2.24) is 5.32 Å². The van der Waals surface area contributed by atoms with Crippen LogP contribution in [-0.4, -0.2) is 24.7 Å². The molecule has 0 aliphatic rings. The number of carbonyl (C=O) groups is 1. The Morgan fingerprint density at radius 1 is 1.37 bits per heavy atom. The number of nitrogen functional groups attached to an aromatic ring is 1. The first kappa shape index (κ1) is 15.5. The summed E-state index contributed by atoms with van der Waals surface area (Å²) in [5.41, 5.74) is 7.67. The van der Waals surface area contributed by atoms with Gasteiger partial charge in [0, 0.05) is 11.7 Å². The Kier molecular flexibility index (Phi) is 6.36. The number of rotatable bonds is 7. The van der Waals surface area contributed by atoms with Gasteiger partial charge in [-0.25, -0.2) is 0 Å². The summed E-state index contributed by atoms with van der Waals surface area (Å²) in [7, 11) is 0. The van der Waals surface area contributed by atoms with Crippen molar-refractivity contribution in [3.63, 3.8) is 0 Å². The Balaban J connectivity index is 2.33. The summed E-state index contributed by atoms with van der Waals surface area (Å²) in [6, 6.07) is 7.88. The fraction of sp³-hybridized carbons (Fsp3) is 0.533. The molecule has 0 saturated carbocycles. The standard InChI is InChI=1S/C15H24N2O2/c1-4-11(2)17-15(18)12(3)19-10-9-13-7-5-6-8-14(13)16/h5-8,11-12H,4,9-10,16H2,1-3H3,(H,17,18). The normalized spacial score (nSPS) is 13.8. The van der Waals surface area contributed by atoms with Crippen molar-refractivity contribution in [2.75, 3.05) is 12.3 Å². The molecule has 1 amide bonds. The van der Waals surface area contributed by atoms with Crippen molar-refractivity contribution in [1.29, 1.82) is 0 Å². The minimum atomic E-state index is -0.432. The number of ether oxygens (including phenoxy) is 1. The van der Waals surface area contributed by atoms with E-state index in [1.807, 2.05) is 38.1 Å². The van der Waals surface area contributed by atoms with Crippen LogP contribution < -0.4 is 11.1 Å². The Morgan fingerprint density at radius 3 is 2.68 bits per heavy atom. The molecular formula is C15H24N2O2. The summed E-state index contributed by atoms with van der Waals surface area (Å²) < 4.78 is 5.54. The molecule has 1 aromatic rings. The van der Waals surface area contributed by atoms with Crippen LogP contribution in [0.25, 0.3) is 0 Å². The lowest BCUT2D eigenvalue weighted by molar-refractivity contribution is -0.132. The summed E-state index contributed by atoms with van der Waals surface area (Å²) in [5, 5.41) is 2.90. The second-order valence-corrected chi connectivity index (χ2v) is 4.78. The first-order valence-corrected chi connectivity index (χ1v) is 6.80. The molecule has 0 aromatic heterocycles. The van der Waals surface area contributed by atoms with Gasteiger partial charge >= 0.3 is 0 Å². The average molecular weight is 264 g/mol. The largest absolute Gasteiger partial charge is 0.399 e. The number of benzene rings is 1. The highest BCUT2D eigenvalue weighted by Crippen LogP contribution is 2.11. The molecule has 4 nitrogen and oxygen atoms in total. The van der Waals surface area contributed by atoms with Gasteiger partial charge in [0.1, 0.15) is 6.10 Å². The monoisotopic (exact) mass is 264 g/mol. The second kappa shape index (κ2) is 7.79. The fourth-order valence-electron chi connectivity index (χ4n) is 1.65. The highest BCUT2D eigenvalue weighted by atomic mass is 16.5. The number of amides is 1. The zero-order valence-corrected chi connectivity index (χ0v) is 12.0. The van der Waals surface area contributed by atoms with E-state index in [0.717, 1.165) is 17.7 Å². The van der Waals surface area contributed by atoms with E-state index in [4.69, 9.17) is 10.5 Å². The fourth-order valence-corrected chi connectivity index (χ4v) is 1.65. The summed E-state index contributed by atoms with van der Waals surface area (Å²) in [6.07, 6.45) is 1.20. The summed E-state index contributed by atoms with van der Waals surface area (Å²) >= 11 is 0. The number of hydrogen-bond acceptors (Lipinski definition) is 3. The molecule has 0 aliphatic carbocycles. The van der Waals surface area contributed by atoms with Gasteiger partial charge in [0.05, 0.1) is 6.61 Å². The van der Waals surface area contributed by atoms with Gasteiger partial charge in [-0.15, -0.1) is 0 Å². The molecule has 0 aliphatic heterocycles. The van der Waals surface area contributed by atoms with Gasteiger partial charge in [-0.2, -0.15) is 0 Å². The number of nitrogens with one attached hydrogen (secondary N) is 1. The Labute approximate surface area is 115 Å². The molecule has 0 bridgehead atoms. The van der Waals surface area contributed by atoms with Crippen molar-refractivity contribution in [2.45, 2.75) is 45.8 Å². The number of para-hydroxylation sites is 1. The van der Waals surface area contributed by atoms with Crippen LogP contribution in [0.3, 0.4) is 0 Å². The molecule has 3 N–H and O–H groups in total. The zero-order valence-electron chi connectivity index (χ0n) is 12.0. The minimum Gasteiger partial charge on any atom is -0.399 e. The van der Waals surface area contributed by atoms with Gasteiger partial charge in [-0.1, -0.05) is 25.1 Å². The van der Waals surface area contributed by atoms with Gasteiger partial charge in [0.15, 0.2) is 0 Å². The highest BCUT2D eigenvalue weighted by Gasteiger charge is 2.14. The van der Waals surface area contributed by atoms with Gasteiger partial charge in [0.25, 0.3) is 0 Å². The highest BCUT2D eigenvalue weighted by molar-refractivity contribution is 5.80. The van der Waals surface area contributed by atoms with Gasteiger partial charge in [0.2, 0.25) is 5.91 Å². The number of hydrogen-bond donors (Lipinski definition) is 2. The van der Waals surface area contributed by atoms with Crippen LogP contribution in [0.2, 0.25) is 0 Å². The van der Waals surface area contributed by atoms with Crippen molar-refractivity contribution in [3.8, 4) is 0 Å². The predicted octanol–water partition coefficient (Wildman–Crippen LogP) is 2.13. The molecule has 0 heterocycles. The van der Waals surface area contributed by atoms with E-state index in [1.54, 1.807) is 6.92 Å². The first-order chi connectivity index (χ1) is 9.04. The third-order valence-electron chi connectivity index (χ3n) is 3.16. The maximum Gasteiger partial charge on any atom is 0.249 e. The lowest BCUT2D eigenvalue weighted by Crippen LogP contribution is -2.39. The molecule has 0 radical (unpaired) electrons. The van der Waals surface area contributed by atoms with Crippen LogP contribution >= 0.6 is 0 Å². The molecule has 106 valence electrons. The molecule has 1 aromatic carbocycles. The average Bonchev–Trinajstić information content (AvgIpc) is 2.40. The van der Waals surface area contributed by atoms with E-state index in [9.17, 15) is 4.79 Å². The van der Waals surface area contributed by atoms with Gasteiger partial charge in [-0.05, 0) is 38.3 Å².